The van der Waals surface area contributed by atoms with E-state index in [1.165, 1.54) is 16.5 Å². The molecule has 0 fully saturated rings. The van der Waals surface area contributed by atoms with Crippen molar-refractivity contribution in [3.8, 4) is 0 Å². The van der Waals surface area contributed by atoms with E-state index in [1.54, 1.807) is 6.20 Å². The molecule has 1 aromatic carbocycles. The summed E-state index contributed by atoms with van der Waals surface area (Å²) in [7, 11) is 0. The molecular formula is C14H18N2. The molecule has 0 aliphatic heterocycles. The van der Waals surface area contributed by atoms with Gasteiger partial charge in [-0.1, -0.05) is 33.8 Å². The first-order valence-corrected chi connectivity index (χ1v) is 5.85. The standard InChI is InChI=1S/C14H18N2/c1-9(2)11-5-6-13-12(7-8-15-16-13)14(11)10(3)4/h5-10H,1-4H3. The van der Waals surface area contributed by atoms with Crippen LogP contribution in [0.3, 0.4) is 0 Å². The number of hydrogen-bond acceptors (Lipinski definition) is 2. The van der Waals surface area contributed by atoms with Gasteiger partial charge >= 0.3 is 0 Å². The van der Waals surface area contributed by atoms with Gasteiger partial charge in [0.1, 0.15) is 0 Å². The average Bonchev–Trinajstić information content (AvgIpc) is 2.27. The van der Waals surface area contributed by atoms with Crippen molar-refractivity contribution in [2.75, 3.05) is 0 Å². The highest BCUT2D eigenvalue weighted by atomic mass is 15.1. The van der Waals surface area contributed by atoms with Crippen molar-refractivity contribution in [1.82, 2.24) is 10.2 Å². The highest BCUT2D eigenvalue weighted by molar-refractivity contribution is 5.83. The van der Waals surface area contributed by atoms with Gasteiger partial charge < -0.3 is 0 Å². The zero-order valence-corrected chi connectivity index (χ0v) is 10.4. The second kappa shape index (κ2) is 4.20. The van der Waals surface area contributed by atoms with Crippen LogP contribution >= 0.6 is 0 Å². The predicted octanol–water partition coefficient (Wildman–Crippen LogP) is 3.88. The minimum Gasteiger partial charge on any atom is -0.159 e. The lowest BCUT2D eigenvalue weighted by atomic mass is 9.88. The number of aromatic nitrogens is 2. The van der Waals surface area contributed by atoms with E-state index in [2.05, 4.69) is 56.1 Å². The molecule has 2 nitrogen and oxygen atoms in total. The maximum absolute atomic E-state index is 4.17. The summed E-state index contributed by atoms with van der Waals surface area (Å²) in [6, 6.07) is 6.34. The molecule has 2 heteroatoms. The van der Waals surface area contributed by atoms with Gasteiger partial charge in [-0.2, -0.15) is 10.2 Å². The van der Waals surface area contributed by atoms with Crippen LogP contribution in [0.25, 0.3) is 10.9 Å². The van der Waals surface area contributed by atoms with Gasteiger partial charge in [-0.25, -0.2) is 0 Å². The van der Waals surface area contributed by atoms with Gasteiger partial charge in [-0.15, -0.1) is 0 Å². The molecule has 0 amide bonds. The van der Waals surface area contributed by atoms with Crippen LogP contribution in [0.1, 0.15) is 50.7 Å². The SMILES string of the molecule is CC(C)c1ccc2nnccc2c1C(C)C. The van der Waals surface area contributed by atoms with Crippen LogP contribution in [-0.4, -0.2) is 10.2 Å². The minimum atomic E-state index is 0.519. The summed E-state index contributed by atoms with van der Waals surface area (Å²) in [5.74, 6) is 1.07. The van der Waals surface area contributed by atoms with Crippen LogP contribution in [0.15, 0.2) is 24.4 Å². The third-order valence-corrected chi connectivity index (χ3v) is 2.97. The molecule has 0 atom stereocenters. The maximum Gasteiger partial charge on any atom is 0.0932 e. The molecule has 0 saturated heterocycles. The van der Waals surface area contributed by atoms with Gasteiger partial charge in [-0.05, 0) is 35.1 Å². The van der Waals surface area contributed by atoms with Crippen molar-refractivity contribution >= 4 is 10.9 Å². The normalized spacial score (nSPS) is 11.6. The molecule has 0 aliphatic carbocycles. The molecule has 0 bridgehead atoms. The molecule has 0 saturated carbocycles. The van der Waals surface area contributed by atoms with E-state index < -0.39 is 0 Å². The van der Waals surface area contributed by atoms with Gasteiger partial charge in [0, 0.05) is 5.39 Å². The van der Waals surface area contributed by atoms with Crippen molar-refractivity contribution in [1.29, 1.82) is 0 Å². The molecule has 2 rings (SSSR count). The topological polar surface area (TPSA) is 25.8 Å². The van der Waals surface area contributed by atoms with Crippen molar-refractivity contribution in [2.24, 2.45) is 0 Å². The number of benzene rings is 1. The largest absolute Gasteiger partial charge is 0.159 e. The van der Waals surface area contributed by atoms with Crippen molar-refractivity contribution in [3.63, 3.8) is 0 Å². The van der Waals surface area contributed by atoms with Crippen LogP contribution in [0.2, 0.25) is 0 Å². The van der Waals surface area contributed by atoms with Gasteiger partial charge in [0.05, 0.1) is 11.7 Å². The Bertz CT molecular complexity index is 501. The minimum absolute atomic E-state index is 0.519. The van der Waals surface area contributed by atoms with E-state index >= 15 is 0 Å². The summed E-state index contributed by atoms with van der Waals surface area (Å²) < 4.78 is 0. The van der Waals surface area contributed by atoms with Crippen molar-refractivity contribution in [2.45, 2.75) is 39.5 Å². The highest BCUT2D eigenvalue weighted by Crippen LogP contribution is 2.31. The number of rotatable bonds is 2. The molecular weight excluding hydrogens is 196 g/mol. The lowest BCUT2D eigenvalue weighted by Gasteiger charge is -2.17. The number of fused-ring (bicyclic) bond motifs is 1. The van der Waals surface area contributed by atoms with Crippen LogP contribution in [0.4, 0.5) is 0 Å². The van der Waals surface area contributed by atoms with Crippen LogP contribution in [-0.2, 0) is 0 Å². The Labute approximate surface area is 96.7 Å². The molecule has 0 spiro atoms. The Morgan fingerprint density at radius 3 is 2.31 bits per heavy atom. The van der Waals surface area contributed by atoms with Gasteiger partial charge in [-0.3, -0.25) is 0 Å². The van der Waals surface area contributed by atoms with Crippen molar-refractivity contribution < 1.29 is 0 Å². The van der Waals surface area contributed by atoms with Crippen LogP contribution in [0.5, 0.6) is 0 Å². The maximum atomic E-state index is 4.17. The second-order valence-corrected chi connectivity index (χ2v) is 4.84. The average molecular weight is 214 g/mol. The molecule has 0 N–H and O–H groups in total. The van der Waals surface area contributed by atoms with Crippen LogP contribution in [0, 0.1) is 0 Å². The summed E-state index contributed by atoms with van der Waals surface area (Å²) in [4.78, 5) is 0. The lowest BCUT2D eigenvalue weighted by molar-refractivity contribution is 0.797. The van der Waals surface area contributed by atoms with Gasteiger partial charge in [0.25, 0.3) is 0 Å². The monoisotopic (exact) mass is 214 g/mol. The quantitative estimate of drug-likeness (QED) is 0.758. The molecule has 1 aromatic heterocycles. The third kappa shape index (κ3) is 1.80. The van der Waals surface area contributed by atoms with E-state index in [9.17, 15) is 0 Å². The fraction of sp³-hybridized carbons (Fsp3) is 0.429. The molecule has 0 radical (unpaired) electrons. The summed E-state index contributed by atoms with van der Waals surface area (Å²) in [5.41, 5.74) is 3.84. The van der Waals surface area contributed by atoms with E-state index in [1.807, 2.05) is 0 Å². The molecule has 84 valence electrons. The summed E-state index contributed by atoms with van der Waals surface area (Å²) in [6.07, 6.45) is 1.78. The lowest BCUT2D eigenvalue weighted by Crippen LogP contribution is -2.00. The molecule has 1 heterocycles. The summed E-state index contributed by atoms with van der Waals surface area (Å²) in [6.45, 7) is 8.95. The Balaban J connectivity index is 2.79. The van der Waals surface area contributed by atoms with Crippen LogP contribution < -0.4 is 0 Å². The molecule has 2 aromatic rings. The fourth-order valence-electron chi connectivity index (χ4n) is 2.26. The number of hydrogen-bond donors (Lipinski definition) is 0. The smallest absolute Gasteiger partial charge is 0.0932 e. The summed E-state index contributed by atoms with van der Waals surface area (Å²) >= 11 is 0. The first-order chi connectivity index (χ1) is 7.61. The first kappa shape index (κ1) is 11.1. The Morgan fingerprint density at radius 1 is 0.938 bits per heavy atom. The molecule has 0 aliphatic rings. The van der Waals surface area contributed by atoms with E-state index in [-0.39, 0.29) is 0 Å². The van der Waals surface area contributed by atoms with Gasteiger partial charge in [0.15, 0.2) is 0 Å². The fourth-order valence-corrected chi connectivity index (χ4v) is 2.26. The molecule has 0 unspecified atom stereocenters. The van der Waals surface area contributed by atoms with E-state index in [0.717, 1.165) is 5.52 Å². The van der Waals surface area contributed by atoms with Gasteiger partial charge in [0.2, 0.25) is 0 Å². The zero-order valence-electron chi connectivity index (χ0n) is 10.4. The zero-order chi connectivity index (χ0) is 11.7. The Hall–Kier alpha value is -1.44. The van der Waals surface area contributed by atoms with E-state index in [4.69, 9.17) is 0 Å². The predicted molar refractivity (Wildman–Crippen MR) is 67.7 cm³/mol. The van der Waals surface area contributed by atoms with E-state index in [0.29, 0.717) is 11.8 Å². The number of nitrogens with zero attached hydrogens (tertiary/aromatic N) is 2. The Morgan fingerprint density at radius 2 is 1.69 bits per heavy atom. The third-order valence-electron chi connectivity index (χ3n) is 2.97. The molecule has 16 heavy (non-hydrogen) atoms. The Kier molecular flexibility index (Phi) is 2.90. The first-order valence-electron chi connectivity index (χ1n) is 5.85. The summed E-state index contributed by atoms with van der Waals surface area (Å²) in [5, 5.41) is 9.36. The highest BCUT2D eigenvalue weighted by Gasteiger charge is 2.13. The second-order valence-electron chi connectivity index (χ2n) is 4.84. The van der Waals surface area contributed by atoms with Crippen molar-refractivity contribution in [3.05, 3.63) is 35.5 Å².